The maximum atomic E-state index is 5.98. The molecule has 0 bridgehead atoms. The summed E-state index contributed by atoms with van der Waals surface area (Å²) in [6, 6.07) is 21.1. The van der Waals surface area contributed by atoms with Crippen LogP contribution in [0.1, 0.15) is 43.5 Å². The van der Waals surface area contributed by atoms with Gasteiger partial charge in [0, 0.05) is 25.6 Å². The Hall–Kier alpha value is -2.33. The lowest BCUT2D eigenvalue weighted by Gasteiger charge is -2.20. The largest absolute Gasteiger partial charge is 0.373 e. The van der Waals surface area contributed by atoms with E-state index in [2.05, 4.69) is 73.0 Å². The van der Waals surface area contributed by atoms with Crippen molar-refractivity contribution in [3.05, 3.63) is 71.8 Å². The van der Waals surface area contributed by atoms with E-state index < -0.39 is 0 Å². The number of guanidine groups is 1. The molecule has 2 aromatic carbocycles. The quantitative estimate of drug-likeness (QED) is 0.609. The lowest BCUT2D eigenvalue weighted by atomic mass is 9.95. The van der Waals surface area contributed by atoms with Crippen molar-refractivity contribution < 1.29 is 4.74 Å². The van der Waals surface area contributed by atoms with Crippen LogP contribution in [0.15, 0.2) is 65.7 Å². The molecule has 0 radical (unpaired) electrons. The molecule has 1 aliphatic heterocycles. The maximum Gasteiger partial charge on any atom is 0.191 e. The molecule has 0 aromatic heterocycles. The van der Waals surface area contributed by atoms with E-state index in [0.29, 0.717) is 5.92 Å². The molecule has 2 aromatic rings. The third kappa shape index (κ3) is 4.85. The Morgan fingerprint density at radius 2 is 1.81 bits per heavy atom. The maximum absolute atomic E-state index is 5.98. The number of hydrogen-bond donors (Lipinski definition) is 2. The predicted octanol–water partition coefficient (Wildman–Crippen LogP) is 4.08. The fourth-order valence-electron chi connectivity index (χ4n) is 3.39. The summed E-state index contributed by atoms with van der Waals surface area (Å²) in [5.74, 6) is 1.28. The molecule has 1 fully saturated rings. The van der Waals surface area contributed by atoms with Crippen LogP contribution in [-0.2, 0) is 4.74 Å². The number of nitrogens with zero attached hydrogens (tertiary/aromatic N) is 1. The van der Waals surface area contributed by atoms with Crippen molar-refractivity contribution >= 4 is 5.96 Å². The topological polar surface area (TPSA) is 45.7 Å². The summed E-state index contributed by atoms with van der Waals surface area (Å²) < 4.78 is 5.98. The van der Waals surface area contributed by atoms with Crippen LogP contribution in [0.5, 0.6) is 0 Å². The van der Waals surface area contributed by atoms with Crippen molar-refractivity contribution in [2.45, 2.75) is 32.4 Å². The van der Waals surface area contributed by atoms with Gasteiger partial charge in [0.25, 0.3) is 0 Å². The minimum atomic E-state index is 0.148. The Morgan fingerprint density at radius 3 is 2.50 bits per heavy atom. The van der Waals surface area contributed by atoms with Crippen LogP contribution >= 0.6 is 0 Å². The highest BCUT2D eigenvalue weighted by molar-refractivity contribution is 5.80. The number of nitrogens with one attached hydrogen (secondary N) is 2. The summed E-state index contributed by atoms with van der Waals surface area (Å²) >= 11 is 0. The van der Waals surface area contributed by atoms with Crippen LogP contribution in [0.2, 0.25) is 0 Å². The van der Waals surface area contributed by atoms with Gasteiger partial charge in [0.15, 0.2) is 5.96 Å². The van der Waals surface area contributed by atoms with Gasteiger partial charge in [0.2, 0.25) is 0 Å². The van der Waals surface area contributed by atoms with Gasteiger partial charge in [-0.15, -0.1) is 0 Å². The molecule has 3 atom stereocenters. The summed E-state index contributed by atoms with van der Waals surface area (Å²) in [4.78, 5) is 4.85. The zero-order valence-electron chi connectivity index (χ0n) is 15.7. The van der Waals surface area contributed by atoms with Crippen molar-refractivity contribution in [2.75, 3.05) is 19.7 Å². The Bertz CT molecular complexity index is 687. The van der Waals surface area contributed by atoms with Gasteiger partial charge in [-0.1, -0.05) is 60.7 Å². The molecule has 0 saturated carbocycles. The minimum Gasteiger partial charge on any atom is -0.373 e. The molecule has 4 heteroatoms. The van der Waals surface area contributed by atoms with Gasteiger partial charge in [0.1, 0.15) is 0 Å². The van der Waals surface area contributed by atoms with E-state index in [-0.39, 0.29) is 12.1 Å². The predicted molar refractivity (Wildman–Crippen MR) is 107 cm³/mol. The SMILES string of the molecule is CCNC(=NCC1CCOC1c1ccccc1)NC(C)c1ccccc1. The lowest BCUT2D eigenvalue weighted by molar-refractivity contribution is 0.0925. The Kier molecular flexibility index (Phi) is 6.67. The highest BCUT2D eigenvalue weighted by Gasteiger charge is 2.29. The highest BCUT2D eigenvalue weighted by Crippen LogP contribution is 2.34. The van der Waals surface area contributed by atoms with E-state index in [1.54, 1.807) is 0 Å². The number of ether oxygens (including phenoxy) is 1. The van der Waals surface area contributed by atoms with Gasteiger partial charge in [-0.2, -0.15) is 0 Å². The zero-order chi connectivity index (χ0) is 18.2. The number of hydrogen-bond acceptors (Lipinski definition) is 2. The molecule has 3 rings (SSSR count). The summed E-state index contributed by atoms with van der Waals surface area (Å²) in [5.41, 5.74) is 2.50. The molecule has 3 unspecified atom stereocenters. The zero-order valence-corrected chi connectivity index (χ0v) is 15.7. The third-order valence-electron chi connectivity index (χ3n) is 4.82. The second-order valence-corrected chi connectivity index (χ2v) is 6.75. The molecule has 138 valence electrons. The second-order valence-electron chi connectivity index (χ2n) is 6.75. The van der Waals surface area contributed by atoms with Gasteiger partial charge >= 0.3 is 0 Å². The molecular formula is C22H29N3O. The van der Waals surface area contributed by atoms with E-state index in [0.717, 1.165) is 32.1 Å². The summed E-state index contributed by atoms with van der Waals surface area (Å²) in [6.45, 7) is 6.67. The molecule has 1 aliphatic rings. The lowest BCUT2D eigenvalue weighted by Crippen LogP contribution is -2.39. The second kappa shape index (κ2) is 9.39. The summed E-state index contributed by atoms with van der Waals surface area (Å²) in [7, 11) is 0. The average Bonchev–Trinajstić information content (AvgIpc) is 3.16. The molecular weight excluding hydrogens is 322 g/mol. The smallest absolute Gasteiger partial charge is 0.191 e. The molecule has 26 heavy (non-hydrogen) atoms. The average molecular weight is 351 g/mol. The molecule has 0 amide bonds. The van der Waals surface area contributed by atoms with E-state index in [4.69, 9.17) is 9.73 Å². The van der Waals surface area contributed by atoms with Gasteiger partial charge in [-0.3, -0.25) is 4.99 Å². The van der Waals surface area contributed by atoms with Gasteiger partial charge in [0.05, 0.1) is 12.1 Å². The van der Waals surface area contributed by atoms with Crippen molar-refractivity contribution in [2.24, 2.45) is 10.9 Å². The monoisotopic (exact) mass is 351 g/mol. The Morgan fingerprint density at radius 1 is 1.12 bits per heavy atom. The molecule has 1 heterocycles. The minimum absolute atomic E-state index is 0.148. The van der Waals surface area contributed by atoms with E-state index in [1.165, 1.54) is 11.1 Å². The van der Waals surface area contributed by atoms with E-state index >= 15 is 0 Å². The fraction of sp³-hybridized carbons (Fsp3) is 0.409. The first-order valence-electron chi connectivity index (χ1n) is 9.54. The van der Waals surface area contributed by atoms with E-state index in [9.17, 15) is 0 Å². The summed E-state index contributed by atoms with van der Waals surface area (Å²) in [5, 5.41) is 6.87. The van der Waals surface area contributed by atoms with Crippen molar-refractivity contribution in [3.63, 3.8) is 0 Å². The van der Waals surface area contributed by atoms with E-state index in [1.807, 2.05) is 12.1 Å². The standard InChI is InChI=1S/C22H29N3O/c1-3-23-22(25-17(2)18-10-6-4-7-11-18)24-16-20-14-15-26-21(20)19-12-8-5-9-13-19/h4-13,17,20-21H,3,14-16H2,1-2H3,(H2,23,24,25). The highest BCUT2D eigenvalue weighted by atomic mass is 16.5. The van der Waals surface area contributed by atoms with Gasteiger partial charge in [-0.05, 0) is 31.4 Å². The van der Waals surface area contributed by atoms with Crippen LogP contribution in [0.25, 0.3) is 0 Å². The van der Waals surface area contributed by atoms with Crippen molar-refractivity contribution in [3.8, 4) is 0 Å². The number of rotatable bonds is 6. The van der Waals surface area contributed by atoms with Crippen LogP contribution in [0.3, 0.4) is 0 Å². The number of benzene rings is 2. The van der Waals surface area contributed by atoms with Crippen LogP contribution in [0.4, 0.5) is 0 Å². The Balaban J connectivity index is 1.65. The van der Waals surface area contributed by atoms with Crippen LogP contribution < -0.4 is 10.6 Å². The molecule has 0 aliphatic carbocycles. The van der Waals surface area contributed by atoms with Crippen molar-refractivity contribution in [1.29, 1.82) is 0 Å². The normalized spacial score (nSPS) is 21.4. The van der Waals surface area contributed by atoms with Gasteiger partial charge in [-0.25, -0.2) is 0 Å². The first kappa shape index (κ1) is 18.5. The molecule has 1 saturated heterocycles. The first-order chi connectivity index (χ1) is 12.8. The molecule has 0 spiro atoms. The summed E-state index contributed by atoms with van der Waals surface area (Å²) in [6.07, 6.45) is 1.20. The van der Waals surface area contributed by atoms with Crippen LogP contribution in [-0.4, -0.2) is 25.7 Å². The van der Waals surface area contributed by atoms with Gasteiger partial charge < -0.3 is 15.4 Å². The Labute approximate surface area is 156 Å². The van der Waals surface area contributed by atoms with Crippen LogP contribution in [0, 0.1) is 5.92 Å². The number of aliphatic imine (C=N–C) groups is 1. The van der Waals surface area contributed by atoms with Crippen molar-refractivity contribution in [1.82, 2.24) is 10.6 Å². The first-order valence-corrected chi connectivity index (χ1v) is 9.54. The fourth-order valence-corrected chi connectivity index (χ4v) is 3.39. The molecule has 4 nitrogen and oxygen atoms in total. The molecule has 2 N–H and O–H groups in total. The third-order valence-corrected chi connectivity index (χ3v) is 4.82.